The Hall–Kier alpha value is -2.73. The highest BCUT2D eigenvalue weighted by Crippen LogP contribution is 2.18. The van der Waals surface area contributed by atoms with E-state index >= 15 is 0 Å². The van der Waals surface area contributed by atoms with Crippen molar-refractivity contribution >= 4 is 23.4 Å². The highest BCUT2D eigenvalue weighted by Gasteiger charge is 2.28. The Kier molecular flexibility index (Phi) is 8.12. The van der Waals surface area contributed by atoms with E-state index in [2.05, 4.69) is 5.32 Å². The van der Waals surface area contributed by atoms with Crippen LogP contribution in [0.3, 0.4) is 0 Å². The summed E-state index contributed by atoms with van der Waals surface area (Å²) in [5.74, 6) is 0.681. The van der Waals surface area contributed by atoms with Crippen molar-refractivity contribution in [3.05, 3.63) is 59.1 Å². The van der Waals surface area contributed by atoms with Crippen molar-refractivity contribution in [3.8, 4) is 11.5 Å². The number of methoxy groups -OCH3 is 1. The third-order valence-electron chi connectivity index (χ3n) is 4.34. The fourth-order valence-electron chi connectivity index (χ4n) is 2.77. The molecular formula is C23H29ClN2O4. The Labute approximate surface area is 183 Å². The standard InChI is InChI=1S/C23H29ClN2O4/c1-16(22(28)25-23(2,3)4)26(14-17-9-11-19(29-5)12-10-17)21(27)15-30-20-8-6-7-18(24)13-20/h6-13,16H,14-15H2,1-5H3,(H,25,28)/t16-/m0/s1. The first kappa shape index (κ1) is 23.5. The van der Waals surface area contributed by atoms with E-state index < -0.39 is 11.6 Å². The molecule has 0 fully saturated rings. The van der Waals surface area contributed by atoms with Crippen molar-refractivity contribution in [1.82, 2.24) is 10.2 Å². The number of hydrogen-bond donors (Lipinski definition) is 1. The molecule has 0 radical (unpaired) electrons. The van der Waals surface area contributed by atoms with Gasteiger partial charge in [-0.3, -0.25) is 9.59 Å². The summed E-state index contributed by atoms with van der Waals surface area (Å²) >= 11 is 5.97. The van der Waals surface area contributed by atoms with Gasteiger partial charge in [0.1, 0.15) is 17.5 Å². The van der Waals surface area contributed by atoms with Gasteiger partial charge in [0.05, 0.1) is 7.11 Å². The third-order valence-corrected chi connectivity index (χ3v) is 4.57. The average molecular weight is 433 g/mol. The van der Waals surface area contributed by atoms with Crippen LogP contribution in [-0.4, -0.2) is 42.0 Å². The van der Waals surface area contributed by atoms with Crippen LogP contribution < -0.4 is 14.8 Å². The second-order valence-electron chi connectivity index (χ2n) is 8.03. The minimum absolute atomic E-state index is 0.205. The number of rotatable bonds is 8. The van der Waals surface area contributed by atoms with Crippen molar-refractivity contribution in [1.29, 1.82) is 0 Å². The number of ether oxygens (including phenoxy) is 2. The van der Waals surface area contributed by atoms with Gasteiger partial charge in [0.25, 0.3) is 5.91 Å². The lowest BCUT2D eigenvalue weighted by molar-refractivity contribution is -0.142. The number of halogens is 1. The van der Waals surface area contributed by atoms with E-state index in [9.17, 15) is 9.59 Å². The molecule has 1 atom stereocenters. The van der Waals surface area contributed by atoms with Crippen molar-refractivity contribution in [2.75, 3.05) is 13.7 Å². The number of nitrogens with zero attached hydrogens (tertiary/aromatic N) is 1. The van der Waals surface area contributed by atoms with Gasteiger partial charge in [0.2, 0.25) is 5.91 Å². The molecule has 2 amide bonds. The highest BCUT2D eigenvalue weighted by atomic mass is 35.5. The summed E-state index contributed by atoms with van der Waals surface area (Å²) < 4.78 is 10.8. The molecule has 0 saturated carbocycles. The summed E-state index contributed by atoms with van der Waals surface area (Å²) in [6.07, 6.45) is 0. The molecule has 2 rings (SSSR count). The van der Waals surface area contributed by atoms with Gasteiger partial charge in [-0.25, -0.2) is 0 Å². The van der Waals surface area contributed by atoms with E-state index in [1.54, 1.807) is 38.3 Å². The third kappa shape index (κ3) is 7.26. The molecule has 0 unspecified atom stereocenters. The van der Waals surface area contributed by atoms with Crippen LogP contribution in [0.15, 0.2) is 48.5 Å². The molecule has 2 aromatic carbocycles. The van der Waals surface area contributed by atoms with E-state index in [1.807, 2.05) is 45.0 Å². The van der Waals surface area contributed by atoms with Crippen LogP contribution in [-0.2, 0) is 16.1 Å². The second kappa shape index (κ2) is 10.3. The number of nitrogens with one attached hydrogen (secondary N) is 1. The van der Waals surface area contributed by atoms with Crippen molar-refractivity contribution < 1.29 is 19.1 Å². The molecular weight excluding hydrogens is 404 g/mol. The topological polar surface area (TPSA) is 67.9 Å². The normalized spacial score (nSPS) is 12.1. The molecule has 0 heterocycles. The highest BCUT2D eigenvalue weighted by molar-refractivity contribution is 6.30. The van der Waals surface area contributed by atoms with E-state index in [0.29, 0.717) is 10.8 Å². The zero-order valence-electron chi connectivity index (χ0n) is 18.1. The molecule has 0 aliphatic heterocycles. The predicted molar refractivity (Wildman–Crippen MR) is 118 cm³/mol. The molecule has 162 valence electrons. The van der Waals surface area contributed by atoms with Gasteiger partial charge in [-0.2, -0.15) is 0 Å². The van der Waals surface area contributed by atoms with Crippen LogP contribution in [0, 0.1) is 0 Å². The number of carbonyl (C=O) groups excluding carboxylic acids is 2. The van der Waals surface area contributed by atoms with Gasteiger partial charge in [-0.1, -0.05) is 29.8 Å². The summed E-state index contributed by atoms with van der Waals surface area (Å²) in [5.41, 5.74) is 0.472. The molecule has 6 nitrogen and oxygen atoms in total. The first-order valence-corrected chi connectivity index (χ1v) is 10.1. The van der Waals surface area contributed by atoms with Gasteiger partial charge in [0, 0.05) is 17.1 Å². The van der Waals surface area contributed by atoms with E-state index in [0.717, 1.165) is 11.3 Å². The SMILES string of the molecule is COc1ccc(CN(C(=O)COc2cccc(Cl)c2)[C@@H](C)C(=O)NC(C)(C)C)cc1. The quantitative estimate of drug-likeness (QED) is 0.683. The molecule has 1 N–H and O–H groups in total. The molecule has 0 aromatic heterocycles. The van der Waals surface area contributed by atoms with Crippen LogP contribution in [0.1, 0.15) is 33.3 Å². The summed E-state index contributed by atoms with van der Waals surface area (Å²) in [7, 11) is 1.59. The Morgan fingerprint density at radius 2 is 1.77 bits per heavy atom. The smallest absolute Gasteiger partial charge is 0.261 e. The number of hydrogen-bond acceptors (Lipinski definition) is 4. The zero-order valence-corrected chi connectivity index (χ0v) is 18.8. The molecule has 7 heteroatoms. The number of amides is 2. The fraction of sp³-hybridized carbons (Fsp3) is 0.391. The summed E-state index contributed by atoms with van der Waals surface area (Å²) in [4.78, 5) is 27.2. The Morgan fingerprint density at radius 1 is 1.10 bits per heavy atom. The Morgan fingerprint density at radius 3 is 2.33 bits per heavy atom. The lowest BCUT2D eigenvalue weighted by atomic mass is 10.1. The maximum absolute atomic E-state index is 13.0. The van der Waals surface area contributed by atoms with Crippen LogP contribution in [0.2, 0.25) is 5.02 Å². The van der Waals surface area contributed by atoms with E-state index in [-0.39, 0.29) is 25.0 Å². The van der Waals surface area contributed by atoms with Gasteiger partial charge in [-0.05, 0) is 63.6 Å². The first-order chi connectivity index (χ1) is 14.1. The lowest BCUT2D eigenvalue weighted by Gasteiger charge is -2.31. The molecule has 0 aliphatic carbocycles. The van der Waals surface area contributed by atoms with Gasteiger partial charge >= 0.3 is 0 Å². The maximum Gasteiger partial charge on any atom is 0.261 e. The van der Waals surface area contributed by atoms with E-state index in [4.69, 9.17) is 21.1 Å². The molecule has 0 saturated heterocycles. The van der Waals surface area contributed by atoms with Crippen molar-refractivity contribution in [2.24, 2.45) is 0 Å². The number of benzene rings is 2. The van der Waals surface area contributed by atoms with Crippen molar-refractivity contribution in [2.45, 2.75) is 45.8 Å². The van der Waals surface area contributed by atoms with Gasteiger partial charge in [0.15, 0.2) is 6.61 Å². The Bertz CT molecular complexity index is 862. The van der Waals surface area contributed by atoms with Gasteiger partial charge < -0.3 is 19.7 Å². The molecule has 0 spiro atoms. The predicted octanol–water partition coefficient (Wildman–Crippen LogP) is 4.06. The average Bonchev–Trinajstić information content (AvgIpc) is 2.69. The van der Waals surface area contributed by atoms with Gasteiger partial charge in [-0.15, -0.1) is 0 Å². The number of carbonyl (C=O) groups is 2. The minimum Gasteiger partial charge on any atom is -0.497 e. The van der Waals surface area contributed by atoms with E-state index in [1.165, 1.54) is 4.90 Å². The second-order valence-corrected chi connectivity index (χ2v) is 8.47. The maximum atomic E-state index is 13.0. The summed E-state index contributed by atoms with van der Waals surface area (Å²) in [6, 6.07) is 13.5. The minimum atomic E-state index is -0.679. The largest absolute Gasteiger partial charge is 0.497 e. The monoisotopic (exact) mass is 432 g/mol. The molecule has 0 aliphatic rings. The first-order valence-electron chi connectivity index (χ1n) is 9.72. The van der Waals surface area contributed by atoms with Crippen LogP contribution in [0.4, 0.5) is 0 Å². The Balaban J connectivity index is 2.17. The summed E-state index contributed by atoms with van der Waals surface area (Å²) in [5, 5.41) is 3.45. The van der Waals surface area contributed by atoms with Crippen molar-refractivity contribution in [3.63, 3.8) is 0 Å². The fourth-order valence-corrected chi connectivity index (χ4v) is 2.95. The molecule has 30 heavy (non-hydrogen) atoms. The lowest BCUT2D eigenvalue weighted by Crippen LogP contribution is -2.53. The van der Waals surface area contributed by atoms with Crippen LogP contribution >= 0.6 is 11.6 Å². The van der Waals surface area contributed by atoms with Crippen LogP contribution in [0.5, 0.6) is 11.5 Å². The molecule has 0 bridgehead atoms. The zero-order chi connectivity index (χ0) is 22.3. The summed E-state index contributed by atoms with van der Waals surface area (Å²) in [6.45, 7) is 7.46. The molecule has 2 aromatic rings. The van der Waals surface area contributed by atoms with Crippen LogP contribution in [0.25, 0.3) is 0 Å².